The number of aromatic nitrogens is 2. The topological polar surface area (TPSA) is 124 Å². The molecule has 180 valence electrons. The molecule has 1 atom stereocenters. The zero-order chi connectivity index (χ0) is 25.1. The number of piperidine rings is 1. The number of halogens is 1. The lowest BCUT2D eigenvalue weighted by atomic mass is 9.99. The number of aryl methyl sites for hydroxylation is 1. The van der Waals surface area contributed by atoms with Gasteiger partial charge in [0, 0.05) is 47.7 Å². The third-order valence-corrected chi connectivity index (χ3v) is 6.15. The predicted octanol–water partition coefficient (Wildman–Crippen LogP) is 3.89. The Hall–Kier alpha value is -4.04. The van der Waals surface area contributed by atoms with Crippen LogP contribution in [0.2, 0.25) is 0 Å². The minimum absolute atomic E-state index is 0.110. The molecular weight excluding hydrogens is 443 g/mol. The van der Waals surface area contributed by atoms with Crippen molar-refractivity contribution < 1.29 is 9.18 Å². The molecular formula is C27H29FN6O. The summed E-state index contributed by atoms with van der Waals surface area (Å²) in [5.41, 5.74) is 22.9. The van der Waals surface area contributed by atoms with Crippen LogP contribution in [-0.4, -0.2) is 39.9 Å². The number of hydrogen-bond donors (Lipinski definition) is 3. The van der Waals surface area contributed by atoms with Crippen molar-refractivity contribution in [2.75, 3.05) is 18.8 Å². The Morgan fingerprint density at radius 2 is 2.03 bits per heavy atom. The number of allylic oxidation sites excluding steroid dienone is 2. The number of nitrogens with zero attached hydrogens (tertiary/aromatic N) is 3. The summed E-state index contributed by atoms with van der Waals surface area (Å²) in [7, 11) is 0. The van der Waals surface area contributed by atoms with Crippen LogP contribution in [0.1, 0.15) is 34.3 Å². The van der Waals surface area contributed by atoms with Gasteiger partial charge in [0.15, 0.2) is 0 Å². The van der Waals surface area contributed by atoms with Gasteiger partial charge in [0.05, 0.1) is 17.1 Å². The summed E-state index contributed by atoms with van der Waals surface area (Å²) in [5.74, 6) is -1.17. The molecule has 4 rings (SSSR count). The monoisotopic (exact) mass is 472 g/mol. The first-order valence-electron chi connectivity index (χ1n) is 11.5. The largest absolute Gasteiger partial charge is 0.397 e. The van der Waals surface area contributed by atoms with Gasteiger partial charge in [-0.3, -0.25) is 9.78 Å². The second kappa shape index (κ2) is 10.1. The summed E-state index contributed by atoms with van der Waals surface area (Å²) in [6.45, 7) is 7.53. The number of amides is 1. The average molecular weight is 473 g/mol. The van der Waals surface area contributed by atoms with E-state index in [0.717, 1.165) is 42.8 Å². The van der Waals surface area contributed by atoms with E-state index in [1.807, 2.05) is 19.1 Å². The van der Waals surface area contributed by atoms with Gasteiger partial charge in [0.1, 0.15) is 11.5 Å². The quantitative estimate of drug-likeness (QED) is 0.468. The van der Waals surface area contributed by atoms with Crippen LogP contribution in [-0.2, 0) is 0 Å². The van der Waals surface area contributed by atoms with Crippen LogP contribution in [0.15, 0.2) is 61.3 Å². The minimum atomic E-state index is -0.647. The van der Waals surface area contributed by atoms with E-state index >= 15 is 0 Å². The number of carbonyl (C=O) groups is 1. The fourth-order valence-corrected chi connectivity index (χ4v) is 4.34. The van der Waals surface area contributed by atoms with Gasteiger partial charge in [-0.25, -0.2) is 9.37 Å². The van der Waals surface area contributed by atoms with Gasteiger partial charge >= 0.3 is 0 Å². The van der Waals surface area contributed by atoms with Crippen LogP contribution in [0, 0.1) is 12.7 Å². The fourth-order valence-electron chi connectivity index (χ4n) is 4.34. The first kappa shape index (κ1) is 24.1. The zero-order valence-electron chi connectivity index (χ0n) is 19.7. The fraction of sp³-hybridized carbons (Fsp3) is 0.222. The Bertz CT molecular complexity index is 1320. The molecule has 1 unspecified atom stereocenters. The van der Waals surface area contributed by atoms with Crippen molar-refractivity contribution in [3.8, 4) is 22.6 Å². The average Bonchev–Trinajstić information content (AvgIpc) is 2.84. The number of rotatable bonds is 6. The first-order chi connectivity index (χ1) is 16.8. The summed E-state index contributed by atoms with van der Waals surface area (Å²) < 4.78 is 14.6. The molecule has 1 amide bonds. The van der Waals surface area contributed by atoms with Crippen molar-refractivity contribution >= 4 is 17.3 Å². The Balaban J connectivity index is 1.80. The number of nitrogen functional groups attached to an aromatic ring is 1. The Morgan fingerprint density at radius 3 is 2.74 bits per heavy atom. The lowest BCUT2D eigenvalue weighted by molar-refractivity contribution is 0.100. The van der Waals surface area contributed by atoms with Gasteiger partial charge in [-0.1, -0.05) is 12.7 Å². The number of pyridine rings is 2. The number of hydrogen-bond acceptors (Lipinski definition) is 6. The van der Waals surface area contributed by atoms with Gasteiger partial charge in [0.2, 0.25) is 5.91 Å². The van der Waals surface area contributed by atoms with Crippen molar-refractivity contribution in [3.05, 3.63) is 83.8 Å². The van der Waals surface area contributed by atoms with Gasteiger partial charge in [-0.15, -0.1) is 0 Å². The van der Waals surface area contributed by atoms with Gasteiger partial charge in [-0.2, -0.15) is 0 Å². The molecule has 0 saturated carbocycles. The lowest BCUT2D eigenvalue weighted by Crippen LogP contribution is -2.41. The molecule has 2 aromatic heterocycles. The van der Waals surface area contributed by atoms with Crippen LogP contribution < -0.4 is 17.2 Å². The van der Waals surface area contributed by atoms with E-state index in [-0.39, 0.29) is 17.2 Å². The maximum absolute atomic E-state index is 14.6. The molecule has 0 radical (unpaired) electrons. The number of anilines is 1. The van der Waals surface area contributed by atoms with Gasteiger partial charge in [-0.05, 0) is 67.8 Å². The summed E-state index contributed by atoms with van der Waals surface area (Å²) in [5, 5.41) is 0. The highest BCUT2D eigenvalue weighted by Crippen LogP contribution is 2.32. The highest BCUT2D eigenvalue weighted by molar-refractivity contribution is 5.94. The van der Waals surface area contributed by atoms with Crippen molar-refractivity contribution in [2.24, 2.45) is 11.5 Å². The van der Waals surface area contributed by atoms with Crippen molar-refractivity contribution in [2.45, 2.75) is 25.8 Å². The molecule has 1 aliphatic rings. The number of benzene rings is 1. The maximum Gasteiger partial charge on any atom is 0.248 e. The summed E-state index contributed by atoms with van der Waals surface area (Å²) in [6.07, 6.45) is 7.52. The number of nitrogens with two attached hydrogens (primary N) is 3. The molecule has 0 spiro atoms. The van der Waals surface area contributed by atoms with E-state index in [2.05, 4.69) is 21.4 Å². The molecule has 8 heteroatoms. The highest BCUT2D eigenvalue weighted by atomic mass is 19.1. The maximum atomic E-state index is 14.6. The number of carbonyl (C=O) groups excluding carboxylic acids is 1. The van der Waals surface area contributed by atoms with Crippen molar-refractivity contribution in [3.63, 3.8) is 0 Å². The third kappa shape index (κ3) is 5.07. The smallest absolute Gasteiger partial charge is 0.248 e. The van der Waals surface area contributed by atoms with E-state index in [9.17, 15) is 9.18 Å². The summed E-state index contributed by atoms with van der Waals surface area (Å²) in [6, 6.07) is 9.23. The normalized spacial score (nSPS) is 16.3. The standard InChI is InChI=1S/C27H29FN6O/c1-3-5-25(34-11-4-6-18(29)15-34)19-13-24(32-14-16(19)2)26-22(30)9-10-23(33-26)20-12-17(27(31)35)7-8-21(20)28/h3,5,7-10,12-14,18H,1,4,6,11,15,29-30H2,2H3,(H2,31,35). The molecule has 0 aliphatic carbocycles. The molecule has 1 saturated heterocycles. The molecule has 7 nitrogen and oxygen atoms in total. The first-order valence-corrected chi connectivity index (χ1v) is 11.5. The second-order valence-electron chi connectivity index (χ2n) is 8.71. The molecule has 6 N–H and O–H groups in total. The van der Waals surface area contributed by atoms with Crippen LogP contribution >= 0.6 is 0 Å². The van der Waals surface area contributed by atoms with Crippen molar-refractivity contribution in [1.29, 1.82) is 0 Å². The third-order valence-electron chi connectivity index (χ3n) is 6.15. The predicted molar refractivity (Wildman–Crippen MR) is 137 cm³/mol. The molecule has 35 heavy (non-hydrogen) atoms. The minimum Gasteiger partial charge on any atom is -0.397 e. The zero-order valence-corrected chi connectivity index (χ0v) is 19.7. The Morgan fingerprint density at radius 1 is 1.23 bits per heavy atom. The molecule has 1 fully saturated rings. The van der Waals surface area contributed by atoms with Gasteiger partial charge < -0.3 is 22.1 Å². The van der Waals surface area contributed by atoms with E-state index in [0.29, 0.717) is 22.8 Å². The highest BCUT2D eigenvalue weighted by Gasteiger charge is 2.22. The van der Waals surface area contributed by atoms with E-state index < -0.39 is 11.7 Å². The van der Waals surface area contributed by atoms with E-state index in [1.165, 1.54) is 18.2 Å². The summed E-state index contributed by atoms with van der Waals surface area (Å²) in [4.78, 5) is 23.1. The second-order valence-corrected chi connectivity index (χ2v) is 8.71. The van der Waals surface area contributed by atoms with Crippen molar-refractivity contribution in [1.82, 2.24) is 14.9 Å². The van der Waals surface area contributed by atoms with E-state index in [4.69, 9.17) is 17.2 Å². The Kier molecular flexibility index (Phi) is 6.93. The van der Waals surface area contributed by atoms with Crippen LogP contribution in [0.25, 0.3) is 28.3 Å². The molecule has 3 aromatic rings. The van der Waals surface area contributed by atoms with Gasteiger partial charge in [0.25, 0.3) is 0 Å². The summed E-state index contributed by atoms with van der Waals surface area (Å²) >= 11 is 0. The van der Waals surface area contributed by atoms with Crippen LogP contribution in [0.3, 0.4) is 0 Å². The Labute approximate surface area is 204 Å². The van der Waals surface area contributed by atoms with Crippen LogP contribution in [0.4, 0.5) is 10.1 Å². The molecule has 1 aromatic carbocycles. The van der Waals surface area contributed by atoms with E-state index in [1.54, 1.807) is 24.4 Å². The molecule has 0 bridgehead atoms. The van der Waals surface area contributed by atoms with Crippen LogP contribution in [0.5, 0.6) is 0 Å². The lowest BCUT2D eigenvalue weighted by Gasteiger charge is -2.35. The number of primary amides is 1. The number of likely N-dealkylation sites (tertiary alicyclic amines) is 1. The molecule has 3 heterocycles. The SMILES string of the molecule is C=CC=C(c1cc(-c2nc(-c3cc(C(N)=O)ccc3F)ccc2N)ncc1C)N1CCCC(N)C1. The molecule has 1 aliphatic heterocycles.